The summed E-state index contributed by atoms with van der Waals surface area (Å²) in [6, 6.07) is 6.70. The first-order valence-corrected chi connectivity index (χ1v) is 7.95. The van der Waals surface area contributed by atoms with E-state index in [1.807, 2.05) is 0 Å². The molecule has 2 heteroatoms. The summed E-state index contributed by atoms with van der Waals surface area (Å²) in [6.07, 6.45) is 7.52. The molecule has 0 aromatic heterocycles. The van der Waals surface area contributed by atoms with Crippen LogP contribution in [-0.2, 0) is 0 Å². The SMILES string of the molecule is Cc1cc(C)cc(N(C)CC2(CO)CCCCCC2)c1. The van der Waals surface area contributed by atoms with E-state index in [0.717, 1.165) is 6.54 Å². The molecular weight excluding hydrogens is 246 g/mol. The van der Waals surface area contributed by atoms with E-state index >= 15 is 0 Å². The van der Waals surface area contributed by atoms with Gasteiger partial charge >= 0.3 is 0 Å². The molecule has 1 aromatic rings. The average molecular weight is 275 g/mol. The third kappa shape index (κ3) is 3.76. The number of aryl methyl sites for hydroxylation is 2. The van der Waals surface area contributed by atoms with E-state index in [1.165, 1.54) is 55.3 Å². The molecule has 0 radical (unpaired) electrons. The summed E-state index contributed by atoms with van der Waals surface area (Å²) in [5.74, 6) is 0. The minimum absolute atomic E-state index is 0.100. The number of hydrogen-bond acceptors (Lipinski definition) is 2. The largest absolute Gasteiger partial charge is 0.396 e. The smallest absolute Gasteiger partial charge is 0.0504 e. The maximum absolute atomic E-state index is 9.94. The van der Waals surface area contributed by atoms with Gasteiger partial charge in [0.15, 0.2) is 0 Å². The molecule has 0 heterocycles. The molecule has 20 heavy (non-hydrogen) atoms. The van der Waals surface area contributed by atoms with Crippen LogP contribution in [0, 0.1) is 19.3 Å². The second kappa shape index (κ2) is 6.62. The fourth-order valence-corrected chi connectivity index (χ4v) is 3.61. The molecule has 1 aliphatic rings. The van der Waals surface area contributed by atoms with E-state index in [-0.39, 0.29) is 5.41 Å². The van der Waals surface area contributed by atoms with E-state index in [9.17, 15) is 5.11 Å². The highest BCUT2D eigenvalue weighted by atomic mass is 16.3. The highest BCUT2D eigenvalue weighted by molar-refractivity contribution is 5.50. The number of nitrogens with zero attached hydrogens (tertiary/aromatic N) is 1. The lowest BCUT2D eigenvalue weighted by Crippen LogP contribution is -2.38. The van der Waals surface area contributed by atoms with Crippen LogP contribution in [-0.4, -0.2) is 25.3 Å². The summed E-state index contributed by atoms with van der Waals surface area (Å²) < 4.78 is 0. The highest BCUT2D eigenvalue weighted by Gasteiger charge is 2.31. The minimum Gasteiger partial charge on any atom is -0.396 e. The number of aliphatic hydroxyl groups is 1. The van der Waals surface area contributed by atoms with Crippen molar-refractivity contribution in [3.63, 3.8) is 0 Å². The molecule has 1 aromatic carbocycles. The molecule has 112 valence electrons. The Labute approximate surface area is 123 Å². The van der Waals surface area contributed by atoms with Gasteiger partial charge in [-0.3, -0.25) is 0 Å². The molecule has 0 saturated heterocycles. The van der Waals surface area contributed by atoms with E-state index in [2.05, 4.69) is 44.0 Å². The van der Waals surface area contributed by atoms with Crippen molar-refractivity contribution in [3.8, 4) is 0 Å². The molecule has 2 rings (SSSR count). The van der Waals surface area contributed by atoms with Gasteiger partial charge in [0.25, 0.3) is 0 Å². The van der Waals surface area contributed by atoms with Gasteiger partial charge in [-0.05, 0) is 49.9 Å². The molecule has 1 aliphatic carbocycles. The van der Waals surface area contributed by atoms with Crippen LogP contribution in [0.15, 0.2) is 18.2 Å². The molecular formula is C18H29NO. The third-order valence-electron chi connectivity index (χ3n) is 4.72. The number of benzene rings is 1. The van der Waals surface area contributed by atoms with Gasteiger partial charge in [-0.1, -0.05) is 31.7 Å². The fourth-order valence-electron chi connectivity index (χ4n) is 3.61. The van der Waals surface area contributed by atoms with Gasteiger partial charge in [-0.15, -0.1) is 0 Å². The van der Waals surface area contributed by atoms with Crippen molar-refractivity contribution in [1.29, 1.82) is 0 Å². The Bertz CT molecular complexity index is 413. The lowest BCUT2D eigenvalue weighted by Gasteiger charge is -2.36. The van der Waals surface area contributed by atoms with Gasteiger partial charge in [-0.25, -0.2) is 0 Å². The molecule has 2 nitrogen and oxygen atoms in total. The zero-order valence-corrected chi connectivity index (χ0v) is 13.3. The van der Waals surface area contributed by atoms with Crippen LogP contribution in [0.25, 0.3) is 0 Å². The summed E-state index contributed by atoms with van der Waals surface area (Å²) in [5, 5.41) is 9.94. The van der Waals surface area contributed by atoms with Crippen LogP contribution in [0.1, 0.15) is 49.7 Å². The topological polar surface area (TPSA) is 23.5 Å². The third-order valence-corrected chi connectivity index (χ3v) is 4.72. The van der Waals surface area contributed by atoms with E-state index < -0.39 is 0 Å². The molecule has 1 saturated carbocycles. The Morgan fingerprint density at radius 2 is 1.55 bits per heavy atom. The Kier molecular flexibility index (Phi) is 5.09. The second-order valence-corrected chi connectivity index (χ2v) is 6.77. The maximum Gasteiger partial charge on any atom is 0.0504 e. The minimum atomic E-state index is 0.100. The Morgan fingerprint density at radius 1 is 1.00 bits per heavy atom. The van der Waals surface area contributed by atoms with E-state index in [1.54, 1.807) is 0 Å². The van der Waals surface area contributed by atoms with Crippen molar-refractivity contribution >= 4 is 5.69 Å². The molecule has 0 amide bonds. The zero-order chi connectivity index (χ0) is 14.6. The van der Waals surface area contributed by atoms with Crippen LogP contribution in [0.5, 0.6) is 0 Å². The number of anilines is 1. The summed E-state index contributed by atoms with van der Waals surface area (Å²) in [5.41, 5.74) is 4.00. The molecule has 0 bridgehead atoms. The summed E-state index contributed by atoms with van der Waals surface area (Å²) >= 11 is 0. The van der Waals surface area contributed by atoms with Crippen LogP contribution in [0.4, 0.5) is 5.69 Å². The maximum atomic E-state index is 9.94. The summed E-state index contributed by atoms with van der Waals surface area (Å²) in [4.78, 5) is 2.33. The predicted molar refractivity (Wildman–Crippen MR) is 86.4 cm³/mol. The van der Waals surface area contributed by atoms with Crippen molar-refractivity contribution in [1.82, 2.24) is 0 Å². The van der Waals surface area contributed by atoms with Crippen molar-refractivity contribution in [3.05, 3.63) is 29.3 Å². The average Bonchev–Trinajstić information content (AvgIpc) is 2.64. The molecule has 1 N–H and O–H groups in total. The lowest BCUT2D eigenvalue weighted by molar-refractivity contribution is 0.113. The van der Waals surface area contributed by atoms with Gasteiger partial charge in [0.05, 0.1) is 6.61 Å². The number of aliphatic hydroxyl groups excluding tert-OH is 1. The van der Waals surface area contributed by atoms with Crippen molar-refractivity contribution in [2.24, 2.45) is 5.41 Å². The van der Waals surface area contributed by atoms with Crippen LogP contribution >= 0.6 is 0 Å². The quantitative estimate of drug-likeness (QED) is 0.837. The van der Waals surface area contributed by atoms with Crippen molar-refractivity contribution < 1.29 is 5.11 Å². The normalized spacial score (nSPS) is 18.6. The lowest BCUT2D eigenvalue weighted by atomic mass is 9.80. The molecule has 0 spiro atoms. The van der Waals surface area contributed by atoms with E-state index in [4.69, 9.17) is 0 Å². The number of hydrogen-bond donors (Lipinski definition) is 1. The fraction of sp³-hybridized carbons (Fsp3) is 0.667. The Morgan fingerprint density at radius 3 is 2.05 bits per heavy atom. The van der Waals surface area contributed by atoms with Crippen molar-refractivity contribution in [2.75, 3.05) is 25.1 Å². The molecule has 0 unspecified atom stereocenters. The van der Waals surface area contributed by atoms with Crippen LogP contribution in [0.3, 0.4) is 0 Å². The van der Waals surface area contributed by atoms with Crippen molar-refractivity contribution in [2.45, 2.75) is 52.4 Å². The van der Waals surface area contributed by atoms with Gasteiger partial charge in [0.1, 0.15) is 0 Å². The summed E-state index contributed by atoms with van der Waals surface area (Å²) in [6.45, 7) is 5.59. The van der Waals surface area contributed by atoms with Crippen LogP contribution < -0.4 is 4.90 Å². The zero-order valence-electron chi connectivity index (χ0n) is 13.3. The Hall–Kier alpha value is -1.02. The highest BCUT2D eigenvalue weighted by Crippen LogP contribution is 2.36. The predicted octanol–water partition coefficient (Wildman–Crippen LogP) is 4.07. The Balaban J connectivity index is 2.13. The first-order valence-electron chi connectivity index (χ1n) is 7.95. The van der Waals surface area contributed by atoms with Gasteiger partial charge < -0.3 is 10.0 Å². The monoisotopic (exact) mass is 275 g/mol. The van der Waals surface area contributed by atoms with Gasteiger partial charge in [-0.2, -0.15) is 0 Å². The molecule has 0 atom stereocenters. The second-order valence-electron chi connectivity index (χ2n) is 6.77. The summed E-state index contributed by atoms with van der Waals surface area (Å²) in [7, 11) is 2.16. The van der Waals surface area contributed by atoms with Gasteiger partial charge in [0.2, 0.25) is 0 Å². The first-order chi connectivity index (χ1) is 9.54. The number of rotatable bonds is 4. The standard InChI is InChI=1S/C18H29NO/c1-15-10-16(2)12-17(11-15)19(3)13-18(14-20)8-6-4-5-7-9-18/h10-12,20H,4-9,13-14H2,1-3H3. The molecule has 1 fully saturated rings. The first kappa shape index (κ1) is 15.4. The molecule has 0 aliphatic heterocycles. The van der Waals surface area contributed by atoms with E-state index in [0.29, 0.717) is 6.61 Å². The van der Waals surface area contributed by atoms with Gasteiger partial charge in [0, 0.05) is 24.7 Å². The van der Waals surface area contributed by atoms with Crippen LogP contribution in [0.2, 0.25) is 0 Å².